The normalized spacial score (nSPS) is 11.8. The Morgan fingerprint density at radius 3 is 1.65 bits per heavy atom. The molecule has 7 aromatic carbocycles. The molecule has 0 fully saturated rings. The maximum Gasteiger partial charge on any atom is 0.235 e. The molecule has 0 bridgehead atoms. The van der Waals surface area contributed by atoms with E-state index in [9.17, 15) is 0 Å². The van der Waals surface area contributed by atoms with E-state index in [2.05, 4.69) is 156 Å². The van der Waals surface area contributed by atoms with Crippen LogP contribution in [0.3, 0.4) is 0 Å². The zero-order valence-corrected chi connectivity index (χ0v) is 26.7. The highest BCUT2D eigenvalue weighted by atomic mass is 32.1. The Morgan fingerprint density at radius 1 is 0.417 bits per heavy atom. The number of hydrogen-bond donors (Lipinski definition) is 0. The molecule has 0 aliphatic carbocycles. The summed E-state index contributed by atoms with van der Waals surface area (Å²) in [6, 6.07) is 58.1. The van der Waals surface area contributed by atoms with Crippen molar-refractivity contribution in [3.8, 4) is 39.6 Å². The van der Waals surface area contributed by atoms with Gasteiger partial charge in [0, 0.05) is 52.8 Å². The molecule has 10 aromatic rings. The number of thiophene rings is 1. The summed E-state index contributed by atoms with van der Waals surface area (Å²) in [6.07, 6.45) is 0. The van der Waals surface area contributed by atoms with Crippen LogP contribution in [-0.4, -0.2) is 14.5 Å². The summed E-state index contributed by atoms with van der Waals surface area (Å²) in [5, 5.41) is 7.45. The van der Waals surface area contributed by atoms with Crippen molar-refractivity contribution in [2.75, 3.05) is 0 Å². The van der Waals surface area contributed by atoms with Crippen LogP contribution in [0.1, 0.15) is 0 Å². The number of aromatic nitrogens is 3. The third-order valence-corrected chi connectivity index (χ3v) is 10.6. The molecule has 0 aliphatic heterocycles. The van der Waals surface area contributed by atoms with Crippen LogP contribution >= 0.6 is 11.3 Å². The first-order chi connectivity index (χ1) is 23.8. The molecule has 0 radical (unpaired) electrons. The molecule has 0 saturated carbocycles. The van der Waals surface area contributed by atoms with Gasteiger partial charge in [0.15, 0.2) is 0 Å². The van der Waals surface area contributed by atoms with Gasteiger partial charge in [-0.3, -0.25) is 4.57 Å². The summed E-state index contributed by atoms with van der Waals surface area (Å²) in [5.74, 6) is 0.659. The van der Waals surface area contributed by atoms with Crippen molar-refractivity contribution < 1.29 is 0 Å². The lowest BCUT2D eigenvalue weighted by Gasteiger charge is -2.13. The van der Waals surface area contributed by atoms with Gasteiger partial charge in [0.1, 0.15) is 0 Å². The molecule has 10 rings (SSSR count). The summed E-state index contributed by atoms with van der Waals surface area (Å²) in [5.41, 5.74) is 8.49. The predicted molar refractivity (Wildman–Crippen MR) is 203 cm³/mol. The number of nitrogens with zero attached hydrogens (tertiary/aromatic N) is 3. The first-order valence-corrected chi connectivity index (χ1v) is 17.0. The van der Waals surface area contributed by atoms with Gasteiger partial charge in [-0.1, -0.05) is 140 Å². The Hall–Kier alpha value is -6.10. The molecule has 0 N–H and O–H groups in total. The molecular formula is C44H27N3S. The van der Waals surface area contributed by atoms with Gasteiger partial charge in [-0.15, -0.1) is 11.3 Å². The zero-order chi connectivity index (χ0) is 31.6. The lowest BCUT2D eigenvalue weighted by atomic mass is 9.98. The summed E-state index contributed by atoms with van der Waals surface area (Å²) in [4.78, 5) is 10.7. The molecule has 48 heavy (non-hydrogen) atoms. The van der Waals surface area contributed by atoms with Crippen molar-refractivity contribution in [1.29, 1.82) is 0 Å². The van der Waals surface area contributed by atoms with Crippen molar-refractivity contribution in [1.82, 2.24) is 14.5 Å². The molecule has 0 unspecified atom stereocenters. The van der Waals surface area contributed by atoms with E-state index in [1.165, 1.54) is 52.8 Å². The van der Waals surface area contributed by atoms with Crippen molar-refractivity contribution in [3.63, 3.8) is 0 Å². The Bertz CT molecular complexity index is 2760. The van der Waals surface area contributed by atoms with Gasteiger partial charge in [-0.05, 0) is 35.4 Å². The molecule has 3 aromatic heterocycles. The van der Waals surface area contributed by atoms with Crippen LogP contribution in [0.15, 0.2) is 164 Å². The van der Waals surface area contributed by atoms with Gasteiger partial charge in [-0.2, -0.15) is 0 Å². The van der Waals surface area contributed by atoms with Crippen LogP contribution in [0.2, 0.25) is 0 Å². The second-order valence-corrected chi connectivity index (χ2v) is 13.2. The predicted octanol–water partition coefficient (Wildman–Crippen LogP) is 12.1. The quantitative estimate of drug-likeness (QED) is 0.194. The Morgan fingerprint density at radius 2 is 0.979 bits per heavy atom. The standard InChI is InChI=1S/C44H27N3S/c1-4-14-28(15-5-1)31-24-25-38-35(26-31)40-41-34-22-12-13-23-39(34)48-43(41)33-21-11-10-20-32(33)42(40)47(38)44-45-36(29-16-6-2-7-17-29)27-37(46-44)30-18-8-3-9-19-30/h1-27H. The molecule has 0 amide bonds. The molecule has 0 atom stereocenters. The van der Waals surface area contributed by atoms with E-state index in [4.69, 9.17) is 9.97 Å². The summed E-state index contributed by atoms with van der Waals surface area (Å²) < 4.78 is 4.92. The van der Waals surface area contributed by atoms with Crippen LogP contribution < -0.4 is 0 Å². The molecule has 4 heteroatoms. The van der Waals surface area contributed by atoms with E-state index < -0.39 is 0 Å². The lowest BCUT2D eigenvalue weighted by Crippen LogP contribution is -2.04. The topological polar surface area (TPSA) is 30.7 Å². The number of rotatable bonds is 4. The Labute approximate surface area is 281 Å². The summed E-state index contributed by atoms with van der Waals surface area (Å²) in [6.45, 7) is 0. The average Bonchev–Trinajstić information content (AvgIpc) is 3.72. The SMILES string of the molecule is c1ccc(-c2ccc3c(c2)c2c4c5ccccc5sc4c4ccccc4c2n3-c2nc(-c3ccccc3)cc(-c3ccccc3)n2)cc1. The minimum absolute atomic E-state index is 0.659. The molecule has 3 nitrogen and oxygen atoms in total. The maximum atomic E-state index is 5.34. The third kappa shape index (κ3) is 4.13. The van der Waals surface area contributed by atoms with Gasteiger partial charge >= 0.3 is 0 Å². The lowest BCUT2D eigenvalue weighted by molar-refractivity contribution is 0.998. The van der Waals surface area contributed by atoms with E-state index in [-0.39, 0.29) is 0 Å². The minimum Gasteiger partial charge on any atom is -0.277 e. The molecule has 0 spiro atoms. The van der Waals surface area contributed by atoms with Crippen molar-refractivity contribution in [2.45, 2.75) is 0 Å². The van der Waals surface area contributed by atoms with Gasteiger partial charge in [0.05, 0.1) is 22.4 Å². The first kappa shape index (κ1) is 27.1. The molecule has 224 valence electrons. The van der Waals surface area contributed by atoms with Crippen molar-refractivity contribution in [2.24, 2.45) is 0 Å². The first-order valence-electron chi connectivity index (χ1n) is 16.2. The van der Waals surface area contributed by atoms with Crippen LogP contribution in [0, 0.1) is 0 Å². The van der Waals surface area contributed by atoms with Gasteiger partial charge in [-0.25, -0.2) is 9.97 Å². The highest BCUT2D eigenvalue weighted by Gasteiger charge is 2.24. The number of benzene rings is 7. The van der Waals surface area contributed by atoms with E-state index in [0.717, 1.165) is 33.5 Å². The highest BCUT2D eigenvalue weighted by molar-refractivity contribution is 7.27. The molecule has 3 heterocycles. The second-order valence-electron chi connectivity index (χ2n) is 12.2. The van der Waals surface area contributed by atoms with Gasteiger partial charge in [0.25, 0.3) is 0 Å². The van der Waals surface area contributed by atoms with Crippen LogP contribution in [0.25, 0.3) is 92.3 Å². The Balaban J connectivity index is 1.42. The van der Waals surface area contributed by atoms with Gasteiger partial charge < -0.3 is 0 Å². The van der Waals surface area contributed by atoms with Gasteiger partial charge in [0.2, 0.25) is 5.95 Å². The fourth-order valence-electron chi connectivity index (χ4n) is 7.24. The van der Waals surface area contributed by atoms with Crippen LogP contribution in [0.4, 0.5) is 0 Å². The van der Waals surface area contributed by atoms with E-state index in [1.54, 1.807) is 0 Å². The van der Waals surface area contributed by atoms with Crippen LogP contribution in [-0.2, 0) is 0 Å². The fourth-order valence-corrected chi connectivity index (χ4v) is 8.48. The minimum atomic E-state index is 0.659. The van der Waals surface area contributed by atoms with Crippen molar-refractivity contribution >= 4 is 64.1 Å². The molecular weight excluding hydrogens is 603 g/mol. The second kappa shape index (κ2) is 10.7. The smallest absolute Gasteiger partial charge is 0.235 e. The van der Waals surface area contributed by atoms with Crippen molar-refractivity contribution in [3.05, 3.63) is 164 Å². The van der Waals surface area contributed by atoms with E-state index in [0.29, 0.717) is 5.95 Å². The van der Waals surface area contributed by atoms with E-state index >= 15 is 0 Å². The third-order valence-electron chi connectivity index (χ3n) is 9.40. The van der Waals surface area contributed by atoms with E-state index in [1.807, 2.05) is 23.5 Å². The Kier molecular flexibility index (Phi) is 6.05. The fraction of sp³-hybridized carbons (Fsp3) is 0. The maximum absolute atomic E-state index is 5.34. The largest absolute Gasteiger partial charge is 0.277 e. The monoisotopic (exact) mass is 629 g/mol. The average molecular weight is 630 g/mol. The molecule has 0 saturated heterocycles. The summed E-state index contributed by atoms with van der Waals surface area (Å²) >= 11 is 1.88. The number of hydrogen-bond acceptors (Lipinski definition) is 3. The van der Waals surface area contributed by atoms with Crippen LogP contribution in [0.5, 0.6) is 0 Å². The summed E-state index contributed by atoms with van der Waals surface area (Å²) in [7, 11) is 0. The zero-order valence-electron chi connectivity index (χ0n) is 25.8. The highest BCUT2D eigenvalue weighted by Crippen LogP contribution is 2.48. The molecule has 0 aliphatic rings. The number of fused-ring (bicyclic) bond motifs is 10.